The Kier molecular flexibility index (Phi) is 4.11. The molecule has 1 amide bonds. The van der Waals surface area contributed by atoms with E-state index in [9.17, 15) is 4.79 Å². The maximum absolute atomic E-state index is 12.5. The third-order valence-corrected chi connectivity index (χ3v) is 3.09. The Bertz CT molecular complexity index is 588. The van der Waals surface area contributed by atoms with Crippen LogP contribution in [0.5, 0.6) is 0 Å². The molecule has 0 unspecified atom stereocenters. The second-order valence-electron chi connectivity index (χ2n) is 3.88. The van der Waals surface area contributed by atoms with Gasteiger partial charge in [-0.3, -0.25) is 9.78 Å². The molecular weight excluding hydrogens is 308 g/mol. The van der Waals surface area contributed by atoms with Crippen molar-refractivity contribution >= 4 is 33.3 Å². The summed E-state index contributed by atoms with van der Waals surface area (Å²) in [4.78, 5) is 22.2. The summed E-state index contributed by atoms with van der Waals surface area (Å²) < 4.78 is 0.759. The zero-order valence-corrected chi connectivity index (χ0v) is 12.2. The molecule has 0 aliphatic rings. The molecule has 0 aliphatic carbocycles. The van der Waals surface area contributed by atoms with Gasteiger partial charge in [0.2, 0.25) is 0 Å². The molecule has 0 aromatic carbocycles. The number of carbonyl (C=O) groups is 1. The largest absolute Gasteiger partial charge is 0.372 e. The normalized spacial score (nSPS) is 10.1. The summed E-state index contributed by atoms with van der Waals surface area (Å²) in [6.45, 7) is 0. The molecule has 2 aromatic rings. The minimum absolute atomic E-state index is 0.147. The van der Waals surface area contributed by atoms with E-state index in [0.29, 0.717) is 11.4 Å². The van der Waals surface area contributed by atoms with Gasteiger partial charge in [-0.15, -0.1) is 0 Å². The first-order chi connectivity index (χ1) is 9.13. The van der Waals surface area contributed by atoms with E-state index < -0.39 is 0 Å². The van der Waals surface area contributed by atoms with E-state index in [1.807, 2.05) is 6.07 Å². The molecule has 0 aliphatic heterocycles. The lowest BCUT2D eigenvalue weighted by Crippen LogP contribution is -2.27. The van der Waals surface area contributed by atoms with Gasteiger partial charge < -0.3 is 10.2 Å². The smallest absolute Gasteiger partial charge is 0.261 e. The molecule has 0 bridgehead atoms. The predicted octanol–water partition coefficient (Wildman–Crippen LogP) is 2.56. The summed E-state index contributed by atoms with van der Waals surface area (Å²) >= 11 is 3.33. The molecular formula is C13H13BrN4O. The molecule has 2 aromatic heterocycles. The molecule has 19 heavy (non-hydrogen) atoms. The van der Waals surface area contributed by atoms with Crippen LogP contribution in [0.15, 0.2) is 41.3 Å². The predicted molar refractivity (Wildman–Crippen MR) is 78.5 cm³/mol. The molecule has 0 fully saturated rings. The number of amides is 1. The van der Waals surface area contributed by atoms with Crippen molar-refractivity contribution in [3.05, 3.63) is 46.8 Å². The standard InChI is InChI=1S/C13H13BrN4O/c1-15-12-11(6-9(14)7-17-12)13(19)18(2)10-4-3-5-16-8-10/h3-8H,1-2H3,(H,15,17). The number of pyridine rings is 2. The Hall–Kier alpha value is -1.95. The highest BCUT2D eigenvalue weighted by molar-refractivity contribution is 9.10. The first kappa shape index (κ1) is 13.5. The van der Waals surface area contributed by atoms with E-state index in [1.54, 1.807) is 44.8 Å². The number of nitrogens with one attached hydrogen (secondary N) is 1. The Morgan fingerprint density at radius 2 is 2.21 bits per heavy atom. The minimum Gasteiger partial charge on any atom is -0.372 e. The van der Waals surface area contributed by atoms with Crippen LogP contribution in [0.25, 0.3) is 0 Å². The molecule has 5 nitrogen and oxygen atoms in total. The minimum atomic E-state index is -0.147. The number of rotatable bonds is 3. The fourth-order valence-corrected chi connectivity index (χ4v) is 1.98. The van der Waals surface area contributed by atoms with Crippen molar-refractivity contribution in [2.24, 2.45) is 0 Å². The molecule has 2 rings (SSSR count). The van der Waals surface area contributed by atoms with Gasteiger partial charge in [-0.25, -0.2) is 4.98 Å². The Morgan fingerprint density at radius 3 is 2.84 bits per heavy atom. The average molecular weight is 321 g/mol. The highest BCUT2D eigenvalue weighted by Gasteiger charge is 2.18. The number of halogens is 1. The van der Waals surface area contributed by atoms with Crippen LogP contribution in [-0.2, 0) is 0 Å². The number of hydrogen-bond donors (Lipinski definition) is 1. The molecule has 98 valence electrons. The highest BCUT2D eigenvalue weighted by atomic mass is 79.9. The first-order valence-corrected chi connectivity index (χ1v) is 6.44. The Labute approximate surface area is 119 Å². The van der Waals surface area contributed by atoms with Crippen LogP contribution < -0.4 is 10.2 Å². The molecule has 0 atom stereocenters. The summed E-state index contributed by atoms with van der Waals surface area (Å²) in [5.41, 5.74) is 1.23. The Morgan fingerprint density at radius 1 is 1.42 bits per heavy atom. The second kappa shape index (κ2) is 5.79. The van der Waals surface area contributed by atoms with Crippen molar-refractivity contribution < 1.29 is 4.79 Å². The van der Waals surface area contributed by atoms with Crippen LogP contribution in [0.3, 0.4) is 0 Å². The highest BCUT2D eigenvalue weighted by Crippen LogP contribution is 2.21. The molecule has 1 N–H and O–H groups in total. The van der Waals surface area contributed by atoms with Crippen LogP contribution in [0.1, 0.15) is 10.4 Å². The molecule has 6 heteroatoms. The van der Waals surface area contributed by atoms with E-state index in [0.717, 1.165) is 10.2 Å². The first-order valence-electron chi connectivity index (χ1n) is 5.65. The Balaban J connectivity index is 2.37. The zero-order chi connectivity index (χ0) is 13.8. The van der Waals surface area contributed by atoms with Crippen LogP contribution in [0.4, 0.5) is 11.5 Å². The number of nitrogens with zero attached hydrogens (tertiary/aromatic N) is 3. The van der Waals surface area contributed by atoms with Crippen LogP contribution in [-0.4, -0.2) is 30.0 Å². The second-order valence-corrected chi connectivity index (χ2v) is 4.79. The van der Waals surface area contributed by atoms with Gasteiger partial charge in [0.15, 0.2) is 0 Å². The lowest BCUT2D eigenvalue weighted by atomic mass is 10.2. The monoisotopic (exact) mass is 320 g/mol. The van der Waals surface area contributed by atoms with Crippen molar-refractivity contribution in [1.82, 2.24) is 9.97 Å². The fraction of sp³-hybridized carbons (Fsp3) is 0.154. The summed E-state index contributed by atoms with van der Waals surface area (Å²) in [7, 11) is 3.44. The van der Waals surface area contributed by atoms with Crippen LogP contribution in [0.2, 0.25) is 0 Å². The molecule has 0 saturated heterocycles. The third kappa shape index (κ3) is 2.90. The van der Waals surface area contributed by atoms with Crippen molar-refractivity contribution in [3.63, 3.8) is 0 Å². The van der Waals surface area contributed by atoms with E-state index >= 15 is 0 Å². The lowest BCUT2D eigenvalue weighted by Gasteiger charge is -2.18. The van der Waals surface area contributed by atoms with Crippen LogP contribution >= 0.6 is 15.9 Å². The maximum Gasteiger partial charge on any atom is 0.261 e. The summed E-state index contributed by atoms with van der Waals surface area (Å²) in [5, 5.41) is 2.91. The van der Waals surface area contributed by atoms with Gasteiger partial charge in [0.05, 0.1) is 17.4 Å². The third-order valence-electron chi connectivity index (χ3n) is 2.66. The lowest BCUT2D eigenvalue weighted by molar-refractivity contribution is 0.0993. The van der Waals surface area contributed by atoms with Gasteiger partial charge in [0, 0.05) is 31.0 Å². The number of anilines is 2. The maximum atomic E-state index is 12.5. The number of hydrogen-bond acceptors (Lipinski definition) is 4. The summed E-state index contributed by atoms with van der Waals surface area (Å²) in [6, 6.07) is 5.36. The van der Waals surface area contributed by atoms with Crippen molar-refractivity contribution in [2.75, 3.05) is 24.3 Å². The molecule has 0 saturated carbocycles. The van der Waals surface area contributed by atoms with Crippen molar-refractivity contribution in [3.8, 4) is 0 Å². The van der Waals surface area contributed by atoms with Gasteiger partial charge in [0.1, 0.15) is 5.82 Å². The van der Waals surface area contributed by atoms with E-state index in [4.69, 9.17) is 0 Å². The summed E-state index contributed by atoms with van der Waals surface area (Å²) in [6.07, 6.45) is 4.95. The van der Waals surface area contributed by atoms with E-state index in [2.05, 4.69) is 31.2 Å². The van der Waals surface area contributed by atoms with E-state index in [1.165, 1.54) is 4.90 Å². The zero-order valence-electron chi connectivity index (χ0n) is 10.6. The molecule has 0 spiro atoms. The van der Waals surface area contributed by atoms with Gasteiger partial charge in [-0.05, 0) is 34.1 Å². The number of carbonyl (C=O) groups excluding carboxylic acids is 1. The topological polar surface area (TPSA) is 58.1 Å². The van der Waals surface area contributed by atoms with Gasteiger partial charge >= 0.3 is 0 Å². The average Bonchev–Trinajstić information content (AvgIpc) is 2.46. The fourth-order valence-electron chi connectivity index (χ4n) is 1.65. The molecule has 0 radical (unpaired) electrons. The SMILES string of the molecule is CNc1ncc(Br)cc1C(=O)N(C)c1cccnc1. The van der Waals surface area contributed by atoms with Crippen molar-refractivity contribution in [2.45, 2.75) is 0 Å². The quantitative estimate of drug-likeness (QED) is 0.944. The summed E-state index contributed by atoms with van der Waals surface area (Å²) in [5.74, 6) is 0.398. The molecule has 2 heterocycles. The van der Waals surface area contributed by atoms with Crippen LogP contribution in [0, 0.1) is 0 Å². The van der Waals surface area contributed by atoms with Crippen molar-refractivity contribution in [1.29, 1.82) is 0 Å². The van der Waals surface area contributed by atoms with Gasteiger partial charge in [0.25, 0.3) is 5.91 Å². The number of aromatic nitrogens is 2. The van der Waals surface area contributed by atoms with Gasteiger partial charge in [-0.2, -0.15) is 0 Å². The van der Waals surface area contributed by atoms with Gasteiger partial charge in [-0.1, -0.05) is 0 Å². The van der Waals surface area contributed by atoms with E-state index in [-0.39, 0.29) is 5.91 Å².